The summed E-state index contributed by atoms with van der Waals surface area (Å²) in [4.78, 5) is 28.7. The zero-order valence-electron chi connectivity index (χ0n) is 17.7. The van der Waals surface area contributed by atoms with Crippen LogP contribution in [0.4, 0.5) is 4.39 Å². The van der Waals surface area contributed by atoms with Gasteiger partial charge in [-0.2, -0.15) is 0 Å². The number of H-pyrrole nitrogens is 1. The summed E-state index contributed by atoms with van der Waals surface area (Å²) in [6.07, 6.45) is 1.35. The number of aryl methyl sites for hydroxylation is 1. The highest BCUT2D eigenvalue weighted by atomic mass is 32.2. The lowest BCUT2D eigenvalue weighted by Gasteiger charge is -2.10. The number of nitrogens with one attached hydrogen (secondary N) is 4. The van der Waals surface area contributed by atoms with Crippen molar-refractivity contribution in [2.45, 2.75) is 30.2 Å². The standard InChI is InChI=1S/C24H25FN4O2S/c1-26-32-21-5-3-2-4-18(21)20-14-16(23(29-20)15-6-9-17(25)10-7-15)8-11-22(30)28-19-12-13-27-24(19)31/h2-7,9-10,14,19,26,29H,8,11-13H2,1H3,(H,27,31)(H,28,30). The van der Waals surface area contributed by atoms with E-state index < -0.39 is 6.04 Å². The molecule has 32 heavy (non-hydrogen) atoms. The topological polar surface area (TPSA) is 86.0 Å². The van der Waals surface area contributed by atoms with Gasteiger partial charge in [-0.05, 0) is 79.4 Å². The van der Waals surface area contributed by atoms with E-state index in [1.807, 2.05) is 37.4 Å². The summed E-state index contributed by atoms with van der Waals surface area (Å²) in [5.74, 6) is -0.592. The molecule has 166 valence electrons. The second kappa shape index (κ2) is 10.0. The maximum atomic E-state index is 13.5. The third-order valence-electron chi connectivity index (χ3n) is 5.43. The van der Waals surface area contributed by atoms with Crippen LogP contribution >= 0.6 is 11.9 Å². The monoisotopic (exact) mass is 452 g/mol. The van der Waals surface area contributed by atoms with E-state index in [0.717, 1.165) is 33.0 Å². The van der Waals surface area contributed by atoms with Crippen LogP contribution in [0.5, 0.6) is 0 Å². The SMILES string of the molecule is CNSc1ccccc1-c1cc(CCC(=O)NC2CCNC2=O)c(-c2ccc(F)cc2)[nH]1. The Morgan fingerprint density at radius 2 is 1.97 bits per heavy atom. The van der Waals surface area contributed by atoms with Gasteiger partial charge >= 0.3 is 0 Å². The summed E-state index contributed by atoms with van der Waals surface area (Å²) in [7, 11) is 1.87. The molecule has 3 aromatic rings. The highest BCUT2D eigenvalue weighted by molar-refractivity contribution is 7.97. The van der Waals surface area contributed by atoms with Crippen LogP contribution in [0.1, 0.15) is 18.4 Å². The molecule has 1 atom stereocenters. The third-order valence-corrected chi connectivity index (χ3v) is 6.21. The molecule has 1 aliphatic heterocycles. The first kappa shape index (κ1) is 22.1. The predicted molar refractivity (Wildman–Crippen MR) is 124 cm³/mol. The van der Waals surface area contributed by atoms with E-state index in [0.29, 0.717) is 19.4 Å². The lowest BCUT2D eigenvalue weighted by molar-refractivity contribution is -0.127. The Morgan fingerprint density at radius 3 is 2.69 bits per heavy atom. The van der Waals surface area contributed by atoms with Gasteiger partial charge in [-0.3, -0.25) is 14.3 Å². The van der Waals surface area contributed by atoms with Gasteiger partial charge in [-0.25, -0.2) is 4.39 Å². The molecule has 6 nitrogen and oxygen atoms in total. The summed E-state index contributed by atoms with van der Waals surface area (Å²) in [6.45, 7) is 0.587. The van der Waals surface area contributed by atoms with Gasteiger partial charge in [0.1, 0.15) is 11.9 Å². The van der Waals surface area contributed by atoms with Crippen molar-refractivity contribution in [1.82, 2.24) is 20.3 Å². The van der Waals surface area contributed by atoms with E-state index in [1.165, 1.54) is 24.1 Å². The van der Waals surface area contributed by atoms with Gasteiger partial charge in [-0.1, -0.05) is 18.2 Å². The molecule has 0 aliphatic carbocycles. The Labute approximate surface area is 190 Å². The number of hydrogen-bond donors (Lipinski definition) is 4. The number of amides is 2. The van der Waals surface area contributed by atoms with Gasteiger partial charge in [-0.15, -0.1) is 0 Å². The fourth-order valence-corrected chi connectivity index (χ4v) is 4.50. The zero-order chi connectivity index (χ0) is 22.5. The van der Waals surface area contributed by atoms with Crippen molar-refractivity contribution < 1.29 is 14.0 Å². The minimum absolute atomic E-state index is 0.132. The van der Waals surface area contributed by atoms with E-state index in [4.69, 9.17) is 0 Å². The molecule has 1 fully saturated rings. The first-order valence-corrected chi connectivity index (χ1v) is 11.3. The van der Waals surface area contributed by atoms with Crippen molar-refractivity contribution in [3.8, 4) is 22.5 Å². The fourth-order valence-electron chi connectivity index (χ4n) is 3.85. The normalized spacial score (nSPS) is 15.6. The van der Waals surface area contributed by atoms with Crippen LogP contribution in [0.15, 0.2) is 59.5 Å². The van der Waals surface area contributed by atoms with E-state index in [2.05, 4.69) is 20.3 Å². The molecule has 1 saturated heterocycles. The number of carbonyl (C=O) groups is 2. The van der Waals surface area contributed by atoms with Crippen molar-refractivity contribution in [2.24, 2.45) is 0 Å². The molecule has 1 aromatic heterocycles. The van der Waals surface area contributed by atoms with Crippen LogP contribution < -0.4 is 15.4 Å². The van der Waals surface area contributed by atoms with Gasteiger partial charge < -0.3 is 15.6 Å². The average Bonchev–Trinajstić information content (AvgIpc) is 3.40. The predicted octanol–water partition coefficient (Wildman–Crippen LogP) is 3.65. The highest BCUT2D eigenvalue weighted by Crippen LogP contribution is 2.34. The molecule has 1 unspecified atom stereocenters. The summed E-state index contributed by atoms with van der Waals surface area (Å²) in [5, 5.41) is 5.53. The lowest BCUT2D eigenvalue weighted by Crippen LogP contribution is -2.40. The van der Waals surface area contributed by atoms with E-state index >= 15 is 0 Å². The molecule has 8 heteroatoms. The summed E-state index contributed by atoms with van der Waals surface area (Å²) in [6, 6.07) is 15.9. The van der Waals surface area contributed by atoms with Crippen LogP contribution in [-0.2, 0) is 16.0 Å². The first-order valence-electron chi connectivity index (χ1n) is 10.5. The number of aromatic nitrogens is 1. The molecular weight excluding hydrogens is 427 g/mol. The van der Waals surface area contributed by atoms with Crippen molar-refractivity contribution in [3.63, 3.8) is 0 Å². The molecule has 2 heterocycles. The second-order valence-corrected chi connectivity index (χ2v) is 8.64. The van der Waals surface area contributed by atoms with Crippen LogP contribution in [0, 0.1) is 5.82 Å². The number of hydrogen-bond acceptors (Lipinski definition) is 4. The van der Waals surface area contributed by atoms with Crippen LogP contribution in [0.25, 0.3) is 22.5 Å². The largest absolute Gasteiger partial charge is 0.354 e. The maximum absolute atomic E-state index is 13.5. The van der Waals surface area contributed by atoms with E-state index in [1.54, 1.807) is 12.1 Å². The minimum Gasteiger partial charge on any atom is -0.354 e. The Balaban J connectivity index is 1.60. The molecule has 2 aromatic carbocycles. The van der Waals surface area contributed by atoms with Crippen molar-refractivity contribution in [2.75, 3.05) is 13.6 Å². The van der Waals surface area contributed by atoms with Crippen LogP contribution in [0.2, 0.25) is 0 Å². The lowest BCUT2D eigenvalue weighted by atomic mass is 10.0. The molecule has 0 saturated carbocycles. The molecule has 0 spiro atoms. The third kappa shape index (κ3) is 5.03. The molecule has 2 amide bonds. The Morgan fingerprint density at radius 1 is 1.19 bits per heavy atom. The molecular formula is C24H25FN4O2S. The molecule has 0 bridgehead atoms. The number of benzene rings is 2. The van der Waals surface area contributed by atoms with Crippen molar-refractivity contribution in [1.29, 1.82) is 0 Å². The number of rotatable bonds is 8. The summed E-state index contributed by atoms with van der Waals surface area (Å²) < 4.78 is 16.6. The zero-order valence-corrected chi connectivity index (χ0v) is 18.5. The number of carbonyl (C=O) groups excluding carboxylic acids is 2. The number of aromatic amines is 1. The number of halogens is 1. The van der Waals surface area contributed by atoms with Crippen LogP contribution in [-0.4, -0.2) is 36.4 Å². The second-order valence-electron chi connectivity index (χ2n) is 7.59. The average molecular weight is 453 g/mol. The van der Waals surface area contributed by atoms with E-state index in [9.17, 15) is 14.0 Å². The van der Waals surface area contributed by atoms with Gasteiger partial charge in [0.05, 0.1) is 0 Å². The Bertz CT molecular complexity index is 1110. The van der Waals surface area contributed by atoms with Gasteiger partial charge in [0, 0.05) is 34.8 Å². The minimum atomic E-state index is -0.452. The first-order chi connectivity index (χ1) is 15.5. The molecule has 1 aliphatic rings. The highest BCUT2D eigenvalue weighted by Gasteiger charge is 2.25. The van der Waals surface area contributed by atoms with Crippen molar-refractivity contribution >= 4 is 23.8 Å². The summed E-state index contributed by atoms with van der Waals surface area (Å²) in [5.41, 5.74) is 4.63. The smallest absolute Gasteiger partial charge is 0.242 e. The van der Waals surface area contributed by atoms with Gasteiger partial charge in [0.15, 0.2) is 0 Å². The van der Waals surface area contributed by atoms with Crippen LogP contribution in [0.3, 0.4) is 0 Å². The molecule has 4 N–H and O–H groups in total. The Hall–Kier alpha value is -3.10. The summed E-state index contributed by atoms with van der Waals surface area (Å²) >= 11 is 1.52. The Kier molecular flexibility index (Phi) is 6.92. The van der Waals surface area contributed by atoms with Gasteiger partial charge in [0.2, 0.25) is 11.8 Å². The fraction of sp³-hybridized carbons (Fsp3) is 0.250. The molecule has 0 radical (unpaired) electrons. The molecule has 4 rings (SSSR count). The van der Waals surface area contributed by atoms with E-state index in [-0.39, 0.29) is 24.1 Å². The van der Waals surface area contributed by atoms with Crippen molar-refractivity contribution in [3.05, 3.63) is 66.0 Å². The maximum Gasteiger partial charge on any atom is 0.242 e. The quantitative estimate of drug-likeness (QED) is 0.393. The van der Waals surface area contributed by atoms with Gasteiger partial charge in [0.25, 0.3) is 0 Å².